The minimum atomic E-state index is -1.04. The molecule has 0 aliphatic carbocycles. The van der Waals surface area contributed by atoms with Gasteiger partial charge < -0.3 is 30.1 Å². The number of nitrogens with zero attached hydrogens (tertiary/aromatic N) is 2. The molecule has 3 N–H and O–H groups in total. The van der Waals surface area contributed by atoms with E-state index in [2.05, 4.69) is 15.5 Å². The SMILES string of the molecule is C[C@@]12CCC3(O1)C(C(=O)NCCN1CCOCC1)N(CCCO)C(=O)[C@@H]3[C@@H]2C(=O)NCc1ccccc1. The highest BCUT2D eigenvalue weighted by atomic mass is 16.5. The van der Waals surface area contributed by atoms with Gasteiger partial charge in [-0.25, -0.2) is 0 Å². The zero-order chi connectivity index (χ0) is 26.0. The van der Waals surface area contributed by atoms with Gasteiger partial charge in [-0.05, 0) is 31.7 Å². The number of aliphatic hydroxyl groups excluding tert-OH is 1. The summed E-state index contributed by atoms with van der Waals surface area (Å²) in [4.78, 5) is 44.8. The number of hydrogen-bond donors (Lipinski definition) is 3. The van der Waals surface area contributed by atoms with E-state index >= 15 is 0 Å². The van der Waals surface area contributed by atoms with Crippen molar-refractivity contribution in [2.75, 3.05) is 52.5 Å². The van der Waals surface area contributed by atoms with Crippen molar-refractivity contribution >= 4 is 17.7 Å². The van der Waals surface area contributed by atoms with Gasteiger partial charge in [0.2, 0.25) is 17.7 Å². The van der Waals surface area contributed by atoms with Gasteiger partial charge in [0.15, 0.2) is 0 Å². The minimum absolute atomic E-state index is 0.0909. The molecule has 37 heavy (non-hydrogen) atoms. The third-order valence-electron chi connectivity index (χ3n) is 8.51. The molecule has 3 amide bonds. The van der Waals surface area contributed by atoms with Crippen molar-refractivity contribution in [3.8, 4) is 0 Å². The molecule has 5 atom stereocenters. The van der Waals surface area contributed by atoms with E-state index in [1.807, 2.05) is 37.3 Å². The zero-order valence-electron chi connectivity index (χ0n) is 21.5. The van der Waals surface area contributed by atoms with E-state index in [-0.39, 0.29) is 30.9 Å². The molecule has 1 aromatic rings. The van der Waals surface area contributed by atoms with E-state index in [1.54, 1.807) is 4.90 Å². The lowest BCUT2D eigenvalue weighted by Crippen LogP contribution is -2.56. The molecule has 4 aliphatic heterocycles. The van der Waals surface area contributed by atoms with Crippen LogP contribution in [0.2, 0.25) is 0 Å². The van der Waals surface area contributed by atoms with Crippen LogP contribution in [-0.4, -0.2) is 102 Å². The summed E-state index contributed by atoms with van der Waals surface area (Å²) in [6, 6.07) is 8.81. The molecule has 1 spiro atoms. The highest BCUT2D eigenvalue weighted by molar-refractivity contribution is 5.99. The maximum absolute atomic E-state index is 13.8. The summed E-state index contributed by atoms with van der Waals surface area (Å²) in [6.45, 7) is 6.59. The normalized spacial score (nSPS) is 33.0. The quantitative estimate of drug-likeness (QED) is 0.399. The number of carbonyl (C=O) groups excluding carboxylic acids is 3. The summed E-state index contributed by atoms with van der Waals surface area (Å²) in [5, 5.41) is 15.5. The highest BCUT2D eigenvalue weighted by Crippen LogP contribution is 2.63. The fourth-order valence-corrected chi connectivity index (χ4v) is 6.76. The van der Waals surface area contributed by atoms with E-state index in [0.717, 1.165) is 18.7 Å². The second-order valence-corrected chi connectivity index (χ2v) is 10.8. The number of amides is 3. The average molecular weight is 515 g/mol. The standard InChI is InChI=1S/C27H38N4O6/c1-26-8-9-27(37-26)21(20(26)23(33)29-18-19-6-3-2-4-7-19)25(35)31(11-5-15-32)22(27)24(34)28-10-12-30-13-16-36-17-14-30/h2-4,6-7,20-22,32H,5,8-18H2,1H3,(H,28,34)(H,29,33)/t20-,21+,22?,26+,27?/m1/s1. The molecular formula is C27H38N4O6. The monoisotopic (exact) mass is 514 g/mol. The van der Waals surface area contributed by atoms with Gasteiger partial charge in [0.1, 0.15) is 11.6 Å². The second kappa shape index (κ2) is 10.7. The number of carbonyl (C=O) groups is 3. The first-order valence-electron chi connectivity index (χ1n) is 13.4. The van der Waals surface area contributed by atoms with Crippen LogP contribution >= 0.6 is 0 Å². The fourth-order valence-electron chi connectivity index (χ4n) is 6.76. The van der Waals surface area contributed by atoms with Gasteiger partial charge in [-0.1, -0.05) is 30.3 Å². The van der Waals surface area contributed by atoms with E-state index < -0.39 is 29.1 Å². The molecule has 4 aliphatic rings. The lowest BCUT2D eigenvalue weighted by Gasteiger charge is -2.33. The first-order valence-corrected chi connectivity index (χ1v) is 13.4. The number of likely N-dealkylation sites (tertiary alicyclic amines) is 1. The van der Waals surface area contributed by atoms with Crippen molar-refractivity contribution in [3.63, 3.8) is 0 Å². The summed E-state index contributed by atoms with van der Waals surface area (Å²) >= 11 is 0. The zero-order valence-corrected chi connectivity index (χ0v) is 21.5. The summed E-state index contributed by atoms with van der Waals surface area (Å²) < 4.78 is 12.0. The van der Waals surface area contributed by atoms with Gasteiger partial charge in [-0.15, -0.1) is 0 Å². The average Bonchev–Trinajstić information content (AvgIpc) is 3.47. The lowest BCUT2D eigenvalue weighted by atomic mass is 9.66. The molecule has 202 valence electrons. The molecule has 4 fully saturated rings. The topological polar surface area (TPSA) is 120 Å². The Labute approximate surface area is 217 Å². The molecular weight excluding hydrogens is 476 g/mol. The number of aliphatic hydroxyl groups is 1. The number of nitrogens with one attached hydrogen (secondary N) is 2. The van der Waals surface area contributed by atoms with Crippen LogP contribution in [0.5, 0.6) is 0 Å². The molecule has 0 saturated carbocycles. The Morgan fingerprint density at radius 3 is 2.57 bits per heavy atom. The molecule has 0 aromatic heterocycles. The fraction of sp³-hybridized carbons (Fsp3) is 0.667. The van der Waals surface area contributed by atoms with Crippen LogP contribution < -0.4 is 10.6 Å². The van der Waals surface area contributed by atoms with Crippen LogP contribution in [0.15, 0.2) is 30.3 Å². The molecule has 2 unspecified atom stereocenters. The number of fused-ring (bicyclic) bond motifs is 1. The van der Waals surface area contributed by atoms with Gasteiger partial charge in [0.25, 0.3) is 0 Å². The minimum Gasteiger partial charge on any atom is -0.396 e. The molecule has 2 bridgehead atoms. The van der Waals surface area contributed by atoms with Crippen molar-refractivity contribution in [1.82, 2.24) is 20.4 Å². The predicted molar refractivity (Wildman–Crippen MR) is 134 cm³/mol. The molecule has 10 nitrogen and oxygen atoms in total. The van der Waals surface area contributed by atoms with Crippen LogP contribution in [-0.2, 0) is 30.4 Å². The number of ether oxygens (including phenoxy) is 2. The van der Waals surface area contributed by atoms with Crippen LogP contribution in [0.25, 0.3) is 0 Å². The van der Waals surface area contributed by atoms with Gasteiger partial charge >= 0.3 is 0 Å². The van der Waals surface area contributed by atoms with Crippen molar-refractivity contribution in [1.29, 1.82) is 0 Å². The van der Waals surface area contributed by atoms with Crippen molar-refractivity contribution < 1.29 is 29.0 Å². The van der Waals surface area contributed by atoms with Crippen LogP contribution in [0.4, 0.5) is 0 Å². The van der Waals surface area contributed by atoms with Crippen LogP contribution in [0.3, 0.4) is 0 Å². The maximum Gasteiger partial charge on any atom is 0.245 e. The Hall–Kier alpha value is -2.53. The Morgan fingerprint density at radius 1 is 1.08 bits per heavy atom. The summed E-state index contributed by atoms with van der Waals surface area (Å²) in [5.74, 6) is -2.11. The van der Waals surface area contributed by atoms with Crippen LogP contribution in [0.1, 0.15) is 31.7 Å². The van der Waals surface area contributed by atoms with E-state index in [4.69, 9.17) is 9.47 Å². The van der Waals surface area contributed by atoms with E-state index in [0.29, 0.717) is 52.1 Å². The summed E-state index contributed by atoms with van der Waals surface area (Å²) in [6.07, 6.45) is 1.50. The van der Waals surface area contributed by atoms with Crippen molar-refractivity contribution in [2.45, 2.75) is 50.0 Å². The third-order valence-corrected chi connectivity index (χ3v) is 8.51. The molecule has 4 saturated heterocycles. The number of benzene rings is 1. The van der Waals surface area contributed by atoms with Gasteiger partial charge in [0.05, 0.1) is 30.7 Å². The van der Waals surface area contributed by atoms with Crippen molar-refractivity contribution in [2.24, 2.45) is 11.8 Å². The molecule has 5 rings (SSSR count). The van der Waals surface area contributed by atoms with E-state index in [9.17, 15) is 19.5 Å². The van der Waals surface area contributed by atoms with Gasteiger partial charge in [-0.3, -0.25) is 19.3 Å². The van der Waals surface area contributed by atoms with Crippen LogP contribution in [0, 0.1) is 11.8 Å². The number of rotatable bonds is 10. The maximum atomic E-state index is 13.8. The third kappa shape index (κ3) is 4.76. The van der Waals surface area contributed by atoms with Gasteiger partial charge in [0, 0.05) is 45.9 Å². The van der Waals surface area contributed by atoms with Gasteiger partial charge in [-0.2, -0.15) is 0 Å². The molecule has 0 radical (unpaired) electrons. The Morgan fingerprint density at radius 2 is 1.84 bits per heavy atom. The molecule has 4 heterocycles. The highest BCUT2D eigenvalue weighted by Gasteiger charge is 2.77. The molecule has 10 heteroatoms. The summed E-state index contributed by atoms with van der Waals surface area (Å²) in [7, 11) is 0. The first kappa shape index (κ1) is 26.1. The first-order chi connectivity index (χ1) is 17.9. The Balaban J connectivity index is 1.34. The number of morpholine rings is 1. The molecule has 1 aromatic carbocycles. The van der Waals surface area contributed by atoms with Crippen molar-refractivity contribution in [3.05, 3.63) is 35.9 Å². The second-order valence-electron chi connectivity index (χ2n) is 10.8. The Kier molecular flexibility index (Phi) is 7.53. The smallest absolute Gasteiger partial charge is 0.245 e. The van der Waals surface area contributed by atoms with E-state index in [1.165, 1.54) is 0 Å². The largest absolute Gasteiger partial charge is 0.396 e. The Bertz CT molecular complexity index is 1000. The summed E-state index contributed by atoms with van der Waals surface area (Å²) in [5.41, 5.74) is -0.880. The number of hydrogen-bond acceptors (Lipinski definition) is 7. The lowest BCUT2D eigenvalue weighted by molar-refractivity contribution is -0.146. The predicted octanol–water partition coefficient (Wildman–Crippen LogP) is -0.102.